The van der Waals surface area contributed by atoms with Crippen LogP contribution in [0.2, 0.25) is 5.02 Å². The lowest BCUT2D eigenvalue weighted by atomic mass is 10.1. The van der Waals surface area contributed by atoms with Gasteiger partial charge in [0.05, 0.1) is 0 Å². The van der Waals surface area contributed by atoms with Crippen molar-refractivity contribution in [3.8, 4) is 0 Å². The number of amidine groups is 1. The Labute approximate surface area is 76.0 Å². The normalized spacial score (nSPS) is 11.7. The molecule has 3 nitrogen and oxygen atoms in total. The second-order valence-corrected chi connectivity index (χ2v) is 2.91. The Bertz CT molecular complexity index is 320. The standard InChI is InChI=1S/C8H10ClN3/c1-5-4-6(9)2-3-7(5)8(10)12-11/h2-4H,11H2,1H3,(H2,10,12). The lowest BCUT2D eigenvalue weighted by Crippen LogP contribution is -2.16. The van der Waals surface area contributed by atoms with Gasteiger partial charge in [-0.3, -0.25) is 0 Å². The molecule has 0 unspecified atom stereocenters. The molecule has 0 aromatic heterocycles. The molecule has 0 bridgehead atoms. The molecule has 0 aliphatic heterocycles. The Morgan fingerprint density at radius 2 is 2.17 bits per heavy atom. The molecule has 64 valence electrons. The van der Waals surface area contributed by atoms with Gasteiger partial charge in [-0.05, 0) is 30.7 Å². The molecule has 0 heterocycles. The van der Waals surface area contributed by atoms with Gasteiger partial charge in [-0.15, -0.1) is 0 Å². The third kappa shape index (κ3) is 1.68. The van der Waals surface area contributed by atoms with Gasteiger partial charge in [0, 0.05) is 10.6 Å². The van der Waals surface area contributed by atoms with Crippen LogP contribution in [0.1, 0.15) is 11.1 Å². The highest BCUT2D eigenvalue weighted by molar-refractivity contribution is 6.30. The van der Waals surface area contributed by atoms with Crippen LogP contribution in [0.3, 0.4) is 0 Å². The van der Waals surface area contributed by atoms with Crippen molar-refractivity contribution in [2.24, 2.45) is 16.7 Å². The van der Waals surface area contributed by atoms with Gasteiger partial charge in [0.2, 0.25) is 0 Å². The number of hydrogen-bond acceptors (Lipinski definition) is 2. The van der Waals surface area contributed by atoms with E-state index in [1.54, 1.807) is 12.1 Å². The maximum atomic E-state index is 5.75. The molecular formula is C8H10ClN3. The van der Waals surface area contributed by atoms with Gasteiger partial charge in [-0.25, -0.2) is 0 Å². The predicted octanol–water partition coefficient (Wildman–Crippen LogP) is 1.23. The van der Waals surface area contributed by atoms with Crippen LogP contribution >= 0.6 is 11.6 Å². The minimum absolute atomic E-state index is 0.323. The summed E-state index contributed by atoms with van der Waals surface area (Å²) >= 11 is 5.75. The number of hydrogen-bond donors (Lipinski definition) is 2. The smallest absolute Gasteiger partial charge is 0.150 e. The molecule has 0 fully saturated rings. The van der Waals surface area contributed by atoms with Crippen molar-refractivity contribution < 1.29 is 0 Å². The SMILES string of the molecule is Cc1cc(Cl)ccc1/C(N)=N/N. The summed E-state index contributed by atoms with van der Waals surface area (Å²) in [4.78, 5) is 0. The van der Waals surface area contributed by atoms with Crippen molar-refractivity contribution in [3.05, 3.63) is 34.3 Å². The van der Waals surface area contributed by atoms with Crippen LogP contribution in [-0.4, -0.2) is 5.84 Å². The zero-order valence-electron chi connectivity index (χ0n) is 6.71. The average Bonchev–Trinajstić information content (AvgIpc) is 2.03. The fourth-order valence-corrected chi connectivity index (χ4v) is 1.21. The number of benzene rings is 1. The van der Waals surface area contributed by atoms with E-state index in [1.165, 1.54) is 0 Å². The van der Waals surface area contributed by atoms with Crippen molar-refractivity contribution in [3.63, 3.8) is 0 Å². The summed E-state index contributed by atoms with van der Waals surface area (Å²) in [5.41, 5.74) is 7.32. The van der Waals surface area contributed by atoms with E-state index in [2.05, 4.69) is 5.10 Å². The minimum atomic E-state index is 0.323. The van der Waals surface area contributed by atoms with E-state index in [-0.39, 0.29) is 0 Å². The van der Waals surface area contributed by atoms with Gasteiger partial charge in [0.1, 0.15) is 0 Å². The summed E-state index contributed by atoms with van der Waals surface area (Å²) in [5, 5.41) is 4.08. The fourth-order valence-electron chi connectivity index (χ4n) is 0.984. The molecule has 0 spiro atoms. The quantitative estimate of drug-likeness (QED) is 0.298. The Balaban J connectivity index is 3.18. The van der Waals surface area contributed by atoms with E-state index in [0.29, 0.717) is 10.9 Å². The maximum Gasteiger partial charge on any atom is 0.150 e. The van der Waals surface area contributed by atoms with Crippen molar-refractivity contribution in [2.75, 3.05) is 0 Å². The summed E-state index contributed by atoms with van der Waals surface area (Å²) in [6.45, 7) is 1.90. The first-order valence-electron chi connectivity index (χ1n) is 3.45. The van der Waals surface area contributed by atoms with Crippen LogP contribution in [0.5, 0.6) is 0 Å². The van der Waals surface area contributed by atoms with Crippen LogP contribution in [0, 0.1) is 6.92 Å². The third-order valence-electron chi connectivity index (χ3n) is 1.60. The van der Waals surface area contributed by atoms with Gasteiger partial charge in [-0.2, -0.15) is 5.10 Å². The minimum Gasteiger partial charge on any atom is -0.382 e. The van der Waals surface area contributed by atoms with E-state index >= 15 is 0 Å². The molecule has 0 saturated carbocycles. The van der Waals surface area contributed by atoms with E-state index in [4.69, 9.17) is 23.2 Å². The lowest BCUT2D eigenvalue weighted by Gasteiger charge is -2.03. The predicted molar refractivity (Wildman–Crippen MR) is 51.1 cm³/mol. The summed E-state index contributed by atoms with van der Waals surface area (Å²) in [6, 6.07) is 5.36. The van der Waals surface area contributed by atoms with Crippen LogP contribution in [0.15, 0.2) is 23.3 Å². The van der Waals surface area contributed by atoms with Crippen molar-refractivity contribution in [1.82, 2.24) is 0 Å². The van der Waals surface area contributed by atoms with E-state index in [1.807, 2.05) is 13.0 Å². The van der Waals surface area contributed by atoms with Crippen LogP contribution in [0.4, 0.5) is 0 Å². The lowest BCUT2D eigenvalue weighted by molar-refractivity contribution is 1.22. The van der Waals surface area contributed by atoms with Crippen LogP contribution < -0.4 is 11.6 Å². The highest BCUT2D eigenvalue weighted by atomic mass is 35.5. The number of hydrazone groups is 1. The Morgan fingerprint density at radius 1 is 1.50 bits per heavy atom. The maximum absolute atomic E-state index is 5.75. The molecule has 12 heavy (non-hydrogen) atoms. The zero-order chi connectivity index (χ0) is 9.14. The highest BCUT2D eigenvalue weighted by Gasteiger charge is 2.02. The molecule has 0 atom stereocenters. The van der Waals surface area contributed by atoms with Gasteiger partial charge in [0.25, 0.3) is 0 Å². The summed E-state index contributed by atoms with van der Waals surface area (Å²) in [6.07, 6.45) is 0. The monoisotopic (exact) mass is 183 g/mol. The topological polar surface area (TPSA) is 64.4 Å². The fraction of sp³-hybridized carbons (Fsp3) is 0.125. The van der Waals surface area contributed by atoms with Crippen molar-refractivity contribution >= 4 is 17.4 Å². The molecule has 4 N–H and O–H groups in total. The number of rotatable bonds is 1. The highest BCUT2D eigenvalue weighted by Crippen LogP contribution is 2.14. The Hall–Kier alpha value is -1.22. The average molecular weight is 184 g/mol. The Kier molecular flexibility index (Phi) is 2.55. The van der Waals surface area contributed by atoms with Crippen LogP contribution in [-0.2, 0) is 0 Å². The number of nitrogens with two attached hydrogens (primary N) is 2. The molecule has 1 aromatic rings. The molecule has 0 saturated heterocycles. The van der Waals surface area contributed by atoms with E-state index < -0.39 is 0 Å². The molecular weight excluding hydrogens is 174 g/mol. The van der Waals surface area contributed by atoms with Crippen LogP contribution in [0.25, 0.3) is 0 Å². The first-order chi connectivity index (χ1) is 5.65. The molecule has 0 amide bonds. The number of nitrogens with zero attached hydrogens (tertiary/aromatic N) is 1. The Morgan fingerprint density at radius 3 is 2.67 bits per heavy atom. The second kappa shape index (κ2) is 3.45. The van der Waals surface area contributed by atoms with E-state index in [0.717, 1.165) is 11.1 Å². The largest absolute Gasteiger partial charge is 0.382 e. The summed E-state index contributed by atoms with van der Waals surface area (Å²) in [7, 11) is 0. The van der Waals surface area contributed by atoms with Gasteiger partial charge in [0.15, 0.2) is 5.84 Å². The summed E-state index contributed by atoms with van der Waals surface area (Å²) < 4.78 is 0. The first kappa shape index (κ1) is 8.87. The summed E-state index contributed by atoms with van der Waals surface area (Å²) in [5.74, 6) is 5.36. The van der Waals surface area contributed by atoms with Crippen molar-refractivity contribution in [1.29, 1.82) is 0 Å². The van der Waals surface area contributed by atoms with Gasteiger partial charge in [-0.1, -0.05) is 11.6 Å². The second-order valence-electron chi connectivity index (χ2n) is 2.47. The molecule has 0 aliphatic rings. The molecule has 1 aromatic carbocycles. The number of halogens is 1. The number of aryl methyl sites for hydroxylation is 1. The van der Waals surface area contributed by atoms with E-state index in [9.17, 15) is 0 Å². The van der Waals surface area contributed by atoms with Crippen molar-refractivity contribution in [2.45, 2.75) is 6.92 Å². The third-order valence-corrected chi connectivity index (χ3v) is 1.84. The first-order valence-corrected chi connectivity index (χ1v) is 3.83. The molecule has 4 heteroatoms. The zero-order valence-corrected chi connectivity index (χ0v) is 7.47. The molecule has 0 aliphatic carbocycles. The molecule has 0 radical (unpaired) electrons. The molecule has 1 rings (SSSR count). The van der Waals surface area contributed by atoms with Gasteiger partial charge >= 0.3 is 0 Å². The van der Waals surface area contributed by atoms with Gasteiger partial charge < -0.3 is 11.6 Å².